The molecule has 3 rings (SSSR count). The minimum Gasteiger partial charge on any atom is -0.489 e. The summed E-state index contributed by atoms with van der Waals surface area (Å²) in [6.07, 6.45) is 5.50. The molecule has 1 fully saturated rings. The van der Waals surface area contributed by atoms with Gasteiger partial charge in [0.2, 0.25) is 0 Å². The van der Waals surface area contributed by atoms with E-state index in [9.17, 15) is 4.79 Å². The molecule has 132 valence electrons. The molecule has 1 saturated heterocycles. The Labute approximate surface area is 149 Å². The van der Waals surface area contributed by atoms with Crippen molar-refractivity contribution in [2.75, 3.05) is 19.6 Å². The fourth-order valence-corrected chi connectivity index (χ4v) is 3.13. The van der Waals surface area contributed by atoms with Crippen LogP contribution in [-0.2, 0) is 6.61 Å². The van der Waals surface area contributed by atoms with E-state index >= 15 is 0 Å². The molecule has 25 heavy (non-hydrogen) atoms. The van der Waals surface area contributed by atoms with Crippen LogP contribution in [0.2, 0.25) is 0 Å². The van der Waals surface area contributed by atoms with Gasteiger partial charge >= 0.3 is 0 Å². The molecule has 1 aromatic carbocycles. The van der Waals surface area contributed by atoms with Gasteiger partial charge in [0.1, 0.15) is 12.4 Å². The van der Waals surface area contributed by atoms with Crippen LogP contribution in [-0.4, -0.2) is 41.5 Å². The maximum Gasteiger partial charge on any atom is 0.254 e. The van der Waals surface area contributed by atoms with E-state index < -0.39 is 0 Å². The third kappa shape index (κ3) is 4.57. The van der Waals surface area contributed by atoms with E-state index in [2.05, 4.69) is 17.2 Å². The third-order valence-corrected chi connectivity index (χ3v) is 4.41. The van der Waals surface area contributed by atoms with Gasteiger partial charge in [-0.15, -0.1) is 0 Å². The Morgan fingerprint density at radius 3 is 3.00 bits per heavy atom. The zero-order valence-corrected chi connectivity index (χ0v) is 14.6. The second kappa shape index (κ2) is 8.62. The molecule has 1 N–H and O–H groups in total. The lowest BCUT2D eigenvalue weighted by molar-refractivity contribution is 0.0691. The molecule has 0 bridgehead atoms. The van der Waals surface area contributed by atoms with E-state index in [1.807, 2.05) is 41.3 Å². The molecule has 1 unspecified atom stereocenters. The smallest absolute Gasteiger partial charge is 0.254 e. The number of hydrogen-bond donors (Lipinski definition) is 1. The van der Waals surface area contributed by atoms with Crippen molar-refractivity contribution < 1.29 is 9.53 Å². The highest BCUT2D eigenvalue weighted by Gasteiger charge is 2.26. The SMILES string of the molecule is CCCN(C(=O)c1cccc(OCc2cccnc2)c1)C1CCNC1. The largest absolute Gasteiger partial charge is 0.489 e. The van der Waals surface area contributed by atoms with Crippen LogP contribution in [0.25, 0.3) is 0 Å². The van der Waals surface area contributed by atoms with Crippen molar-refractivity contribution in [2.24, 2.45) is 0 Å². The average Bonchev–Trinajstić information content (AvgIpc) is 3.19. The van der Waals surface area contributed by atoms with Crippen LogP contribution in [0.15, 0.2) is 48.8 Å². The first-order valence-electron chi connectivity index (χ1n) is 8.91. The molecular weight excluding hydrogens is 314 g/mol. The Bertz CT molecular complexity index is 684. The standard InChI is InChI=1S/C20H25N3O2/c1-2-11-23(18-8-10-22-14-18)20(24)17-6-3-7-19(12-17)25-15-16-5-4-9-21-13-16/h3-7,9,12-13,18,22H,2,8,10-11,14-15H2,1H3. The second-order valence-corrected chi connectivity index (χ2v) is 6.32. The van der Waals surface area contributed by atoms with E-state index in [1.54, 1.807) is 12.4 Å². The number of nitrogens with one attached hydrogen (secondary N) is 1. The summed E-state index contributed by atoms with van der Waals surface area (Å²) in [5.74, 6) is 0.790. The minimum absolute atomic E-state index is 0.0855. The van der Waals surface area contributed by atoms with E-state index in [0.717, 1.165) is 38.0 Å². The van der Waals surface area contributed by atoms with Gasteiger partial charge in [-0.25, -0.2) is 0 Å². The molecule has 0 aliphatic carbocycles. The molecule has 1 aliphatic heterocycles. The fourth-order valence-electron chi connectivity index (χ4n) is 3.13. The number of amides is 1. The summed E-state index contributed by atoms with van der Waals surface area (Å²) >= 11 is 0. The molecule has 0 saturated carbocycles. The molecule has 5 nitrogen and oxygen atoms in total. The lowest BCUT2D eigenvalue weighted by Gasteiger charge is -2.28. The molecule has 1 aliphatic rings. The Kier molecular flexibility index (Phi) is 6.01. The summed E-state index contributed by atoms with van der Waals surface area (Å²) in [6.45, 7) is 5.19. The summed E-state index contributed by atoms with van der Waals surface area (Å²) < 4.78 is 5.82. The van der Waals surface area contributed by atoms with Gasteiger partial charge in [0, 0.05) is 42.7 Å². The quantitative estimate of drug-likeness (QED) is 0.843. The van der Waals surface area contributed by atoms with Gasteiger partial charge in [-0.05, 0) is 43.7 Å². The molecule has 0 spiro atoms. The minimum atomic E-state index is 0.0855. The van der Waals surface area contributed by atoms with Gasteiger partial charge in [-0.1, -0.05) is 19.1 Å². The second-order valence-electron chi connectivity index (χ2n) is 6.32. The first-order chi connectivity index (χ1) is 12.3. The number of pyridine rings is 1. The summed E-state index contributed by atoms with van der Waals surface area (Å²) in [5.41, 5.74) is 1.69. The van der Waals surface area contributed by atoms with Gasteiger partial charge in [-0.2, -0.15) is 0 Å². The van der Waals surface area contributed by atoms with Crippen LogP contribution in [0, 0.1) is 0 Å². The predicted molar refractivity (Wildman–Crippen MR) is 97.6 cm³/mol. The summed E-state index contributed by atoms with van der Waals surface area (Å²) in [6, 6.07) is 11.6. The Hall–Kier alpha value is -2.40. The summed E-state index contributed by atoms with van der Waals surface area (Å²) in [7, 11) is 0. The molecule has 1 atom stereocenters. The number of hydrogen-bond acceptors (Lipinski definition) is 4. The zero-order chi connectivity index (χ0) is 17.5. The zero-order valence-electron chi connectivity index (χ0n) is 14.6. The first kappa shape index (κ1) is 17.4. The molecule has 5 heteroatoms. The molecule has 1 amide bonds. The number of carbonyl (C=O) groups is 1. The van der Waals surface area contributed by atoms with Crippen molar-refractivity contribution >= 4 is 5.91 Å². The van der Waals surface area contributed by atoms with Crippen LogP contribution in [0.1, 0.15) is 35.7 Å². The van der Waals surface area contributed by atoms with E-state index in [1.165, 1.54) is 0 Å². The molecule has 1 aromatic heterocycles. The summed E-state index contributed by atoms with van der Waals surface area (Å²) in [4.78, 5) is 19.1. The number of aromatic nitrogens is 1. The van der Waals surface area contributed by atoms with Crippen molar-refractivity contribution in [3.63, 3.8) is 0 Å². The van der Waals surface area contributed by atoms with Crippen molar-refractivity contribution in [1.29, 1.82) is 0 Å². The van der Waals surface area contributed by atoms with Crippen molar-refractivity contribution in [1.82, 2.24) is 15.2 Å². The normalized spacial score (nSPS) is 16.6. The first-order valence-corrected chi connectivity index (χ1v) is 8.91. The van der Waals surface area contributed by atoms with Crippen LogP contribution >= 0.6 is 0 Å². The Morgan fingerprint density at radius 1 is 1.36 bits per heavy atom. The highest BCUT2D eigenvalue weighted by atomic mass is 16.5. The number of rotatable bonds is 7. The van der Waals surface area contributed by atoms with Gasteiger partial charge in [0.25, 0.3) is 5.91 Å². The highest BCUT2D eigenvalue weighted by Crippen LogP contribution is 2.19. The average molecular weight is 339 g/mol. The van der Waals surface area contributed by atoms with Crippen molar-refractivity contribution in [2.45, 2.75) is 32.4 Å². The maximum atomic E-state index is 13.0. The Morgan fingerprint density at radius 2 is 2.28 bits per heavy atom. The van der Waals surface area contributed by atoms with E-state index in [-0.39, 0.29) is 11.9 Å². The fraction of sp³-hybridized carbons (Fsp3) is 0.400. The summed E-state index contributed by atoms with van der Waals surface area (Å²) in [5, 5.41) is 3.34. The molecule has 2 heterocycles. The van der Waals surface area contributed by atoms with Crippen LogP contribution < -0.4 is 10.1 Å². The number of carbonyl (C=O) groups excluding carboxylic acids is 1. The predicted octanol–water partition coefficient (Wildman–Crippen LogP) is 2.87. The number of ether oxygens (including phenoxy) is 1. The number of nitrogens with zero attached hydrogens (tertiary/aromatic N) is 2. The van der Waals surface area contributed by atoms with E-state index in [0.29, 0.717) is 17.9 Å². The van der Waals surface area contributed by atoms with Crippen molar-refractivity contribution in [3.05, 3.63) is 59.9 Å². The highest BCUT2D eigenvalue weighted by molar-refractivity contribution is 5.94. The lowest BCUT2D eigenvalue weighted by atomic mass is 10.1. The lowest BCUT2D eigenvalue weighted by Crippen LogP contribution is -2.42. The van der Waals surface area contributed by atoms with Gasteiger partial charge in [0.15, 0.2) is 0 Å². The number of benzene rings is 1. The van der Waals surface area contributed by atoms with Crippen LogP contribution in [0.4, 0.5) is 0 Å². The van der Waals surface area contributed by atoms with Crippen LogP contribution in [0.3, 0.4) is 0 Å². The topological polar surface area (TPSA) is 54.5 Å². The van der Waals surface area contributed by atoms with Crippen LogP contribution in [0.5, 0.6) is 5.75 Å². The van der Waals surface area contributed by atoms with Gasteiger partial charge < -0.3 is 15.0 Å². The molecule has 0 radical (unpaired) electrons. The van der Waals surface area contributed by atoms with E-state index in [4.69, 9.17) is 4.74 Å². The van der Waals surface area contributed by atoms with Gasteiger partial charge in [0.05, 0.1) is 0 Å². The molecular formula is C20H25N3O2. The Balaban J connectivity index is 1.69. The monoisotopic (exact) mass is 339 g/mol. The van der Waals surface area contributed by atoms with Gasteiger partial charge in [-0.3, -0.25) is 9.78 Å². The molecule has 2 aromatic rings. The third-order valence-electron chi connectivity index (χ3n) is 4.41. The maximum absolute atomic E-state index is 13.0. The van der Waals surface area contributed by atoms with Crippen molar-refractivity contribution in [3.8, 4) is 5.75 Å².